The van der Waals surface area contributed by atoms with E-state index in [2.05, 4.69) is 10.3 Å². The van der Waals surface area contributed by atoms with Crippen molar-refractivity contribution in [2.75, 3.05) is 11.1 Å². The van der Waals surface area contributed by atoms with Gasteiger partial charge in [-0.3, -0.25) is 0 Å². The Morgan fingerprint density at radius 1 is 1.13 bits per heavy atom. The first-order valence-electron chi connectivity index (χ1n) is 5.83. The Bertz CT molecular complexity index is 286. The van der Waals surface area contributed by atoms with Gasteiger partial charge in [0, 0.05) is 6.04 Å². The van der Waals surface area contributed by atoms with Gasteiger partial charge in [-0.05, 0) is 25.0 Å². The first-order chi connectivity index (χ1) is 7.34. The molecule has 0 atom stereocenters. The summed E-state index contributed by atoms with van der Waals surface area (Å²) in [6, 6.07) is 4.45. The van der Waals surface area contributed by atoms with Gasteiger partial charge in [0.25, 0.3) is 0 Å². The van der Waals surface area contributed by atoms with E-state index in [9.17, 15) is 0 Å². The lowest BCUT2D eigenvalue weighted by Crippen LogP contribution is -2.18. The van der Waals surface area contributed by atoms with E-state index in [1.165, 1.54) is 38.5 Å². The molecule has 82 valence electrons. The van der Waals surface area contributed by atoms with Crippen molar-refractivity contribution in [3.05, 3.63) is 18.3 Å². The molecule has 0 radical (unpaired) electrons. The second-order valence-electron chi connectivity index (χ2n) is 4.31. The van der Waals surface area contributed by atoms with Crippen molar-refractivity contribution in [3.8, 4) is 0 Å². The fourth-order valence-electron chi connectivity index (χ4n) is 2.12. The van der Waals surface area contributed by atoms with E-state index in [1.807, 2.05) is 12.1 Å². The zero-order valence-electron chi connectivity index (χ0n) is 9.08. The highest BCUT2D eigenvalue weighted by Gasteiger charge is 2.11. The van der Waals surface area contributed by atoms with Crippen LogP contribution in [0.4, 0.5) is 11.5 Å². The molecule has 3 N–H and O–H groups in total. The lowest BCUT2D eigenvalue weighted by atomic mass is 10.1. The molecular formula is C12H19N3. The second-order valence-corrected chi connectivity index (χ2v) is 4.31. The standard InChI is InChI=1S/C12H19N3/c13-10-7-8-12(14-9-10)15-11-5-3-1-2-4-6-11/h7-9,11H,1-6,13H2,(H,14,15). The predicted molar refractivity (Wildman–Crippen MR) is 63.8 cm³/mol. The van der Waals surface area contributed by atoms with Crippen LogP contribution in [-0.2, 0) is 0 Å². The summed E-state index contributed by atoms with van der Waals surface area (Å²) in [5, 5.41) is 3.48. The summed E-state index contributed by atoms with van der Waals surface area (Å²) in [5.41, 5.74) is 6.32. The fraction of sp³-hybridized carbons (Fsp3) is 0.583. The number of hydrogen-bond acceptors (Lipinski definition) is 3. The molecule has 3 heteroatoms. The molecule has 0 unspecified atom stereocenters. The Labute approximate surface area is 91.1 Å². The highest BCUT2D eigenvalue weighted by molar-refractivity contribution is 5.44. The first kappa shape index (κ1) is 10.3. The third-order valence-electron chi connectivity index (χ3n) is 2.99. The summed E-state index contributed by atoms with van der Waals surface area (Å²) in [6.07, 6.45) is 9.69. The molecule has 1 fully saturated rings. The lowest BCUT2D eigenvalue weighted by Gasteiger charge is -2.16. The van der Waals surface area contributed by atoms with Gasteiger partial charge in [0.15, 0.2) is 0 Å². The van der Waals surface area contributed by atoms with Crippen LogP contribution in [0.1, 0.15) is 38.5 Å². The van der Waals surface area contributed by atoms with Crippen LogP contribution in [0.2, 0.25) is 0 Å². The van der Waals surface area contributed by atoms with Crippen molar-refractivity contribution in [3.63, 3.8) is 0 Å². The molecule has 1 heterocycles. The van der Waals surface area contributed by atoms with Crippen molar-refractivity contribution in [1.29, 1.82) is 0 Å². The number of rotatable bonds is 2. The summed E-state index contributed by atoms with van der Waals surface area (Å²) in [4.78, 5) is 4.27. The molecule has 0 aromatic carbocycles. The number of nitrogens with one attached hydrogen (secondary N) is 1. The van der Waals surface area contributed by atoms with E-state index < -0.39 is 0 Å². The molecule has 0 saturated heterocycles. The van der Waals surface area contributed by atoms with Gasteiger partial charge >= 0.3 is 0 Å². The molecule has 1 saturated carbocycles. The van der Waals surface area contributed by atoms with Gasteiger partial charge in [-0.15, -0.1) is 0 Å². The van der Waals surface area contributed by atoms with E-state index >= 15 is 0 Å². The molecule has 0 bridgehead atoms. The highest BCUT2D eigenvalue weighted by Crippen LogP contribution is 2.20. The maximum Gasteiger partial charge on any atom is 0.126 e. The first-order valence-corrected chi connectivity index (χ1v) is 5.83. The van der Waals surface area contributed by atoms with Gasteiger partial charge in [0.2, 0.25) is 0 Å². The molecule has 1 aliphatic rings. The van der Waals surface area contributed by atoms with E-state index in [-0.39, 0.29) is 0 Å². The molecule has 1 aromatic rings. The third kappa shape index (κ3) is 3.11. The minimum absolute atomic E-state index is 0.601. The highest BCUT2D eigenvalue weighted by atomic mass is 15.0. The number of pyridine rings is 1. The maximum absolute atomic E-state index is 5.59. The topological polar surface area (TPSA) is 50.9 Å². The number of nitrogens with zero attached hydrogens (tertiary/aromatic N) is 1. The Kier molecular flexibility index (Phi) is 3.43. The van der Waals surface area contributed by atoms with Gasteiger partial charge < -0.3 is 11.1 Å². The average Bonchev–Trinajstić information content (AvgIpc) is 2.50. The summed E-state index contributed by atoms with van der Waals surface area (Å²) in [5.74, 6) is 0.955. The molecule has 1 aliphatic carbocycles. The number of anilines is 2. The smallest absolute Gasteiger partial charge is 0.126 e. The monoisotopic (exact) mass is 205 g/mol. The van der Waals surface area contributed by atoms with Gasteiger partial charge in [0.1, 0.15) is 5.82 Å². The normalized spacial score (nSPS) is 18.4. The lowest BCUT2D eigenvalue weighted by molar-refractivity contribution is 0.618. The molecule has 3 nitrogen and oxygen atoms in total. The third-order valence-corrected chi connectivity index (χ3v) is 2.99. The van der Waals surface area contributed by atoms with E-state index in [1.54, 1.807) is 6.20 Å². The van der Waals surface area contributed by atoms with Crippen molar-refractivity contribution >= 4 is 11.5 Å². The van der Waals surface area contributed by atoms with Crippen LogP contribution in [0, 0.1) is 0 Å². The number of aromatic nitrogens is 1. The van der Waals surface area contributed by atoms with Crippen LogP contribution in [0.25, 0.3) is 0 Å². The van der Waals surface area contributed by atoms with Crippen LogP contribution in [0.3, 0.4) is 0 Å². The predicted octanol–water partition coefficient (Wildman–Crippen LogP) is 2.80. The minimum atomic E-state index is 0.601. The van der Waals surface area contributed by atoms with Crippen LogP contribution in [0.15, 0.2) is 18.3 Å². The Balaban J connectivity index is 1.92. The van der Waals surface area contributed by atoms with Crippen LogP contribution < -0.4 is 11.1 Å². The van der Waals surface area contributed by atoms with Gasteiger partial charge in [-0.25, -0.2) is 4.98 Å². The molecule has 0 amide bonds. The summed E-state index contributed by atoms with van der Waals surface area (Å²) < 4.78 is 0. The van der Waals surface area contributed by atoms with Crippen LogP contribution in [-0.4, -0.2) is 11.0 Å². The van der Waals surface area contributed by atoms with Crippen molar-refractivity contribution in [1.82, 2.24) is 4.98 Å². The van der Waals surface area contributed by atoms with Crippen LogP contribution in [0.5, 0.6) is 0 Å². The second kappa shape index (κ2) is 5.01. The summed E-state index contributed by atoms with van der Waals surface area (Å²) in [7, 11) is 0. The molecule has 15 heavy (non-hydrogen) atoms. The summed E-state index contributed by atoms with van der Waals surface area (Å²) >= 11 is 0. The molecule has 1 aromatic heterocycles. The van der Waals surface area contributed by atoms with Gasteiger partial charge in [-0.2, -0.15) is 0 Å². The van der Waals surface area contributed by atoms with E-state index in [4.69, 9.17) is 5.73 Å². The number of nitrogen functional groups attached to an aromatic ring is 1. The molecule has 0 aliphatic heterocycles. The Hall–Kier alpha value is -1.25. The quantitative estimate of drug-likeness (QED) is 0.730. The zero-order valence-corrected chi connectivity index (χ0v) is 9.08. The van der Waals surface area contributed by atoms with Crippen molar-refractivity contribution < 1.29 is 0 Å². The summed E-state index contributed by atoms with van der Waals surface area (Å²) in [6.45, 7) is 0. The van der Waals surface area contributed by atoms with E-state index in [0.717, 1.165) is 11.5 Å². The zero-order chi connectivity index (χ0) is 10.5. The number of hydrogen-bond donors (Lipinski definition) is 2. The fourth-order valence-corrected chi connectivity index (χ4v) is 2.12. The SMILES string of the molecule is Nc1ccc(NC2CCCCCC2)nc1. The molecule has 2 rings (SSSR count). The van der Waals surface area contributed by atoms with Crippen LogP contribution >= 0.6 is 0 Å². The maximum atomic E-state index is 5.59. The number of nitrogens with two attached hydrogens (primary N) is 1. The van der Waals surface area contributed by atoms with Crippen molar-refractivity contribution in [2.45, 2.75) is 44.6 Å². The Morgan fingerprint density at radius 3 is 2.47 bits per heavy atom. The Morgan fingerprint density at radius 2 is 1.87 bits per heavy atom. The largest absolute Gasteiger partial charge is 0.397 e. The average molecular weight is 205 g/mol. The molecular weight excluding hydrogens is 186 g/mol. The van der Waals surface area contributed by atoms with E-state index in [0.29, 0.717) is 6.04 Å². The van der Waals surface area contributed by atoms with Crippen molar-refractivity contribution in [2.24, 2.45) is 0 Å². The van der Waals surface area contributed by atoms with Gasteiger partial charge in [0.05, 0.1) is 11.9 Å². The minimum Gasteiger partial charge on any atom is -0.397 e. The molecule has 0 spiro atoms. The van der Waals surface area contributed by atoms with Gasteiger partial charge in [-0.1, -0.05) is 25.7 Å².